The highest BCUT2D eigenvalue weighted by atomic mass is 32.2. The number of anilines is 1. The van der Waals surface area contributed by atoms with E-state index >= 15 is 0 Å². The van der Waals surface area contributed by atoms with E-state index in [1.807, 2.05) is 0 Å². The molecule has 2 aromatic rings. The van der Waals surface area contributed by atoms with Crippen LogP contribution in [0.5, 0.6) is 0 Å². The van der Waals surface area contributed by atoms with Crippen LogP contribution in [0.3, 0.4) is 0 Å². The van der Waals surface area contributed by atoms with Crippen LogP contribution >= 0.6 is 11.3 Å². The number of oxime groups is 1. The predicted molar refractivity (Wildman–Crippen MR) is 148 cm³/mol. The maximum atomic E-state index is 13.3. The van der Waals surface area contributed by atoms with Crippen molar-refractivity contribution in [3.05, 3.63) is 40.9 Å². The highest BCUT2D eigenvalue weighted by Gasteiger charge is 2.37. The summed E-state index contributed by atoms with van der Waals surface area (Å²) in [6.45, 7) is 3.28. The number of ether oxygens (including phenoxy) is 2. The standard InChI is InChI=1S/C26H33N5O7S2/c1-36-26(33)28-18-8-11-31(12-9-18)15-20-14-27-25(39-20)29-24(32)23(30-38-19-10-13-37-16-19)17-2-4-21(5-3-17)40(34,35)22-6-7-22/h2-5,14,18-19,22H,6-13,15-16H2,1H3,(H,28,33)(H,27,29,32)/b30-23+/t19-/m1/s1. The maximum absolute atomic E-state index is 13.3. The minimum absolute atomic E-state index is 0.0270. The Morgan fingerprint density at radius 2 is 1.90 bits per heavy atom. The minimum atomic E-state index is -3.35. The van der Waals surface area contributed by atoms with Crippen LogP contribution in [0.1, 0.15) is 42.5 Å². The average molecular weight is 592 g/mol. The van der Waals surface area contributed by atoms with E-state index in [0.717, 1.165) is 30.8 Å². The summed E-state index contributed by atoms with van der Waals surface area (Å²) in [6.07, 6.45) is 4.74. The van der Waals surface area contributed by atoms with Crippen molar-refractivity contribution in [1.29, 1.82) is 0 Å². The van der Waals surface area contributed by atoms with Crippen molar-refractivity contribution in [2.45, 2.75) is 60.9 Å². The molecule has 2 N–H and O–H groups in total. The third kappa shape index (κ3) is 7.16. The van der Waals surface area contributed by atoms with Crippen molar-refractivity contribution in [1.82, 2.24) is 15.2 Å². The lowest BCUT2D eigenvalue weighted by atomic mass is 10.1. The smallest absolute Gasteiger partial charge is 0.407 e. The first-order valence-electron chi connectivity index (χ1n) is 13.3. The van der Waals surface area contributed by atoms with Gasteiger partial charge in [-0.05, 0) is 37.8 Å². The number of likely N-dealkylation sites (tertiary alicyclic amines) is 1. The number of benzene rings is 1. The van der Waals surface area contributed by atoms with Crippen molar-refractivity contribution >= 4 is 44.0 Å². The zero-order chi connectivity index (χ0) is 28.1. The minimum Gasteiger partial charge on any atom is -0.453 e. The van der Waals surface area contributed by atoms with E-state index in [0.29, 0.717) is 49.7 Å². The Balaban J connectivity index is 1.22. The average Bonchev–Trinajstić information content (AvgIpc) is 3.54. The number of piperidine rings is 1. The molecule has 3 fully saturated rings. The number of nitrogens with one attached hydrogen (secondary N) is 2. The summed E-state index contributed by atoms with van der Waals surface area (Å²) < 4.78 is 35.2. The zero-order valence-corrected chi connectivity index (χ0v) is 23.8. The van der Waals surface area contributed by atoms with E-state index in [1.165, 1.54) is 30.6 Å². The predicted octanol–water partition coefficient (Wildman–Crippen LogP) is 2.55. The second kappa shape index (κ2) is 12.6. The number of nitrogens with zero attached hydrogens (tertiary/aromatic N) is 3. The first kappa shape index (κ1) is 28.5. The fraction of sp³-hybridized carbons (Fsp3) is 0.538. The molecule has 1 saturated carbocycles. The molecule has 1 aromatic carbocycles. The van der Waals surface area contributed by atoms with Gasteiger partial charge in [0.05, 0.1) is 30.5 Å². The van der Waals surface area contributed by atoms with Crippen molar-refractivity contribution in [3.63, 3.8) is 0 Å². The first-order chi connectivity index (χ1) is 19.3. The quantitative estimate of drug-likeness (QED) is 0.314. The Labute approximate surface area is 237 Å². The molecule has 1 aromatic heterocycles. The van der Waals surface area contributed by atoms with Gasteiger partial charge in [-0.25, -0.2) is 18.2 Å². The van der Waals surface area contributed by atoms with Crippen LogP contribution in [0, 0.1) is 0 Å². The van der Waals surface area contributed by atoms with Crippen LogP contribution in [0.25, 0.3) is 0 Å². The number of hydrogen-bond donors (Lipinski definition) is 2. The van der Waals surface area contributed by atoms with Gasteiger partial charge in [0.2, 0.25) is 0 Å². The molecule has 5 rings (SSSR count). The van der Waals surface area contributed by atoms with Crippen LogP contribution in [0.2, 0.25) is 0 Å². The molecular formula is C26H33N5O7S2. The summed E-state index contributed by atoms with van der Waals surface area (Å²) in [7, 11) is -1.99. The largest absolute Gasteiger partial charge is 0.453 e. The molecular weight excluding hydrogens is 558 g/mol. The first-order valence-corrected chi connectivity index (χ1v) is 15.7. The summed E-state index contributed by atoms with van der Waals surface area (Å²) in [5, 5.41) is 9.91. The normalized spacial score (nSPS) is 20.7. The molecule has 0 bridgehead atoms. The van der Waals surface area contributed by atoms with Gasteiger partial charge in [-0.15, -0.1) is 11.3 Å². The van der Waals surface area contributed by atoms with E-state index in [-0.39, 0.29) is 28.0 Å². The Kier molecular flexibility index (Phi) is 8.98. The molecule has 12 nitrogen and oxygen atoms in total. The SMILES string of the molecule is COC(=O)NC1CCN(Cc2cnc(NC(=O)/C(=N/O[C@@H]3CCOC3)c3ccc(S(=O)(=O)C4CC4)cc3)s2)CC1. The number of aromatic nitrogens is 1. The second-order valence-corrected chi connectivity index (χ2v) is 13.4. The van der Waals surface area contributed by atoms with Gasteiger partial charge in [0.1, 0.15) is 0 Å². The number of thiazole rings is 1. The Bertz CT molecular complexity index is 1330. The van der Waals surface area contributed by atoms with E-state index in [9.17, 15) is 18.0 Å². The fourth-order valence-electron chi connectivity index (χ4n) is 4.60. The van der Waals surface area contributed by atoms with Crippen molar-refractivity contribution in [2.75, 3.05) is 38.7 Å². The van der Waals surface area contributed by atoms with Gasteiger partial charge in [0, 0.05) is 48.7 Å². The molecule has 14 heteroatoms. The van der Waals surface area contributed by atoms with Gasteiger partial charge in [-0.1, -0.05) is 17.3 Å². The zero-order valence-electron chi connectivity index (χ0n) is 22.2. The molecule has 3 aliphatic rings. The number of rotatable bonds is 10. The van der Waals surface area contributed by atoms with Crippen LogP contribution in [-0.4, -0.2) is 86.8 Å². The fourth-order valence-corrected chi connectivity index (χ4v) is 7.10. The number of sulfone groups is 1. The number of amides is 2. The molecule has 2 saturated heterocycles. The lowest BCUT2D eigenvalue weighted by Gasteiger charge is -2.31. The van der Waals surface area contributed by atoms with Gasteiger partial charge >= 0.3 is 6.09 Å². The van der Waals surface area contributed by atoms with Crippen molar-refractivity contribution < 1.29 is 32.3 Å². The van der Waals surface area contributed by atoms with E-state index in [4.69, 9.17) is 9.57 Å². The van der Waals surface area contributed by atoms with E-state index < -0.39 is 21.8 Å². The van der Waals surface area contributed by atoms with Crippen molar-refractivity contribution in [2.24, 2.45) is 5.16 Å². The lowest BCUT2D eigenvalue weighted by Crippen LogP contribution is -2.44. The van der Waals surface area contributed by atoms with Crippen molar-refractivity contribution in [3.8, 4) is 0 Å². The molecule has 2 aliphatic heterocycles. The molecule has 40 heavy (non-hydrogen) atoms. The highest BCUT2D eigenvalue weighted by molar-refractivity contribution is 7.92. The van der Waals surface area contributed by atoms with Gasteiger partial charge in [-0.3, -0.25) is 15.0 Å². The molecule has 1 atom stereocenters. The number of hydrogen-bond acceptors (Lipinski definition) is 11. The monoisotopic (exact) mass is 591 g/mol. The van der Waals surface area contributed by atoms with Gasteiger partial charge < -0.3 is 19.6 Å². The number of methoxy groups -OCH3 is 1. The molecule has 1 aliphatic carbocycles. The van der Waals surface area contributed by atoms with Gasteiger partial charge in [-0.2, -0.15) is 0 Å². The van der Waals surface area contributed by atoms with Crippen LogP contribution < -0.4 is 10.6 Å². The Morgan fingerprint density at radius 1 is 1.15 bits per heavy atom. The highest BCUT2D eigenvalue weighted by Crippen LogP contribution is 2.33. The third-order valence-corrected chi connectivity index (χ3v) is 10.2. The summed E-state index contributed by atoms with van der Waals surface area (Å²) in [5.41, 5.74) is 0.463. The summed E-state index contributed by atoms with van der Waals surface area (Å²) in [5.74, 6) is -0.507. The number of carbonyl (C=O) groups excluding carboxylic acids is 2. The number of carbonyl (C=O) groups is 2. The topological polar surface area (TPSA) is 149 Å². The molecule has 0 spiro atoms. The molecule has 0 unspecified atom stereocenters. The van der Waals surface area contributed by atoms with Crippen LogP contribution in [0.4, 0.5) is 9.93 Å². The maximum Gasteiger partial charge on any atom is 0.407 e. The Hall–Kier alpha value is -3.07. The summed E-state index contributed by atoms with van der Waals surface area (Å²) in [6, 6.07) is 6.27. The third-order valence-electron chi connectivity index (χ3n) is 7.06. The molecule has 2 amide bonds. The Morgan fingerprint density at radius 3 is 2.55 bits per heavy atom. The van der Waals surface area contributed by atoms with E-state index in [2.05, 4.69) is 30.4 Å². The lowest BCUT2D eigenvalue weighted by molar-refractivity contribution is -0.110. The summed E-state index contributed by atoms with van der Waals surface area (Å²) >= 11 is 1.37. The second-order valence-electron chi connectivity index (χ2n) is 10.1. The van der Waals surface area contributed by atoms with Crippen LogP contribution in [-0.2, 0) is 35.5 Å². The molecule has 0 radical (unpaired) electrons. The van der Waals surface area contributed by atoms with Gasteiger partial charge in [0.25, 0.3) is 5.91 Å². The number of alkyl carbamates (subject to hydrolysis) is 1. The summed E-state index contributed by atoms with van der Waals surface area (Å²) in [4.78, 5) is 38.2. The molecule has 216 valence electrons. The van der Waals surface area contributed by atoms with E-state index in [1.54, 1.807) is 18.3 Å². The molecule has 3 heterocycles. The van der Waals surface area contributed by atoms with Gasteiger partial charge in [0.15, 0.2) is 26.8 Å². The van der Waals surface area contributed by atoms with Crippen LogP contribution in [0.15, 0.2) is 40.5 Å².